The first-order valence-corrected chi connectivity index (χ1v) is 9.24. The Hall–Kier alpha value is -1.76. The highest BCUT2D eigenvalue weighted by Gasteiger charge is 2.16. The first-order valence-electron chi connectivity index (χ1n) is 7.27. The van der Waals surface area contributed by atoms with Crippen molar-refractivity contribution < 1.29 is 9.21 Å². The van der Waals surface area contributed by atoms with Gasteiger partial charge < -0.3 is 15.5 Å². The molecule has 25 heavy (non-hydrogen) atoms. The molecule has 0 aliphatic heterocycles. The largest absolute Gasteiger partial charge is 0.451 e. The normalized spacial score (nSPS) is 10.7. The highest BCUT2D eigenvalue weighted by Crippen LogP contribution is 2.33. The smallest absolute Gasteiger partial charge is 0.291 e. The van der Waals surface area contributed by atoms with Crippen molar-refractivity contribution in [1.29, 1.82) is 0 Å². The molecule has 1 heterocycles. The van der Waals surface area contributed by atoms with Crippen LogP contribution in [0.2, 0.25) is 5.02 Å². The number of nitrogens with one attached hydrogen (secondary N) is 1. The predicted octanol–water partition coefficient (Wildman–Crippen LogP) is 6.27. The maximum Gasteiger partial charge on any atom is 0.291 e. The van der Waals surface area contributed by atoms with Crippen molar-refractivity contribution in [2.24, 2.45) is 0 Å². The third kappa shape index (κ3) is 3.92. The number of carbonyl (C=O) groups excluding carboxylic acids is 1. The van der Waals surface area contributed by atoms with E-state index in [0.717, 1.165) is 15.6 Å². The van der Waals surface area contributed by atoms with Crippen LogP contribution in [0.5, 0.6) is 0 Å². The van der Waals surface area contributed by atoms with Crippen molar-refractivity contribution in [2.75, 3.05) is 11.1 Å². The lowest BCUT2D eigenvalue weighted by Gasteiger charge is -2.10. The fraction of sp³-hybridized carbons (Fsp3) is 0.0556. The number of hydrogen-bond donors (Lipinski definition) is 2. The van der Waals surface area contributed by atoms with E-state index in [1.807, 2.05) is 13.0 Å². The second-order valence-corrected chi connectivity index (χ2v) is 7.58. The molecule has 7 heteroatoms. The highest BCUT2D eigenvalue weighted by atomic mass is 79.9. The first-order chi connectivity index (χ1) is 11.8. The average molecular weight is 485 g/mol. The van der Waals surface area contributed by atoms with E-state index in [9.17, 15) is 4.79 Å². The van der Waals surface area contributed by atoms with Gasteiger partial charge in [-0.3, -0.25) is 4.79 Å². The number of hydrogen-bond acceptors (Lipinski definition) is 3. The van der Waals surface area contributed by atoms with Crippen LogP contribution in [0.4, 0.5) is 11.4 Å². The summed E-state index contributed by atoms with van der Waals surface area (Å²) in [7, 11) is 0. The molecule has 0 fully saturated rings. The maximum atomic E-state index is 12.5. The van der Waals surface area contributed by atoms with Crippen molar-refractivity contribution >= 4 is 60.7 Å². The fourth-order valence-corrected chi connectivity index (χ4v) is 3.95. The zero-order valence-electron chi connectivity index (χ0n) is 13.1. The number of benzene rings is 2. The molecule has 3 aromatic rings. The van der Waals surface area contributed by atoms with E-state index < -0.39 is 0 Å². The van der Waals surface area contributed by atoms with Gasteiger partial charge >= 0.3 is 0 Å². The van der Waals surface area contributed by atoms with Crippen molar-refractivity contribution in [3.05, 3.63) is 67.8 Å². The van der Waals surface area contributed by atoms with Gasteiger partial charge in [-0.25, -0.2) is 0 Å². The van der Waals surface area contributed by atoms with Crippen LogP contribution in [-0.2, 0) is 0 Å². The van der Waals surface area contributed by atoms with Gasteiger partial charge in [0, 0.05) is 25.2 Å². The summed E-state index contributed by atoms with van der Waals surface area (Å²) in [5.41, 5.74) is 8.73. The number of furan rings is 1. The lowest BCUT2D eigenvalue weighted by Crippen LogP contribution is -2.12. The Morgan fingerprint density at radius 3 is 2.56 bits per heavy atom. The van der Waals surface area contributed by atoms with Crippen molar-refractivity contribution in [1.82, 2.24) is 0 Å². The standard InChI is InChI=1S/C18H13Br2ClN2O2/c1-9-6-11(22)8-14(20)17(9)23-18(24)16-5-4-15(25-16)12-3-2-10(21)7-13(12)19/h2-8H,22H2,1H3,(H,23,24). The fourth-order valence-electron chi connectivity index (χ4n) is 2.40. The summed E-state index contributed by atoms with van der Waals surface area (Å²) in [4.78, 5) is 12.5. The SMILES string of the molecule is Cc1cc(N)cc(Br)c1NC(=O)c1ccc(-c2ccc(Cl)cc2Br)o1. The highest BCUT2D eigenvalue weighted by molar-refractivity contribution is 9.11. The molecule has 0 radical (unpaired) electrons. The number of nitrogen functional groups attached to an aromatic ring is 1. The third-order valence-corrected chi connectivity index (χ3v) is 5.09. The Morgan fingerprint density at radius 2 is 1.88 bits per heavy atom. The molecule has 3 rings (SSSR count). The van der Waals surface area contributed by atoms with Gasteiger partial charge in [0.25, 0.3) is 5.91 Å². The van der Waals surface area contributed by atoms with Crippen LogP contribution in [0.25, 0.3) is 11.3 Å². The quantitative estimate of drug-likeness (QED) is 0.431. The number of halogens is 3. The van der Waals surface area contributed by atoms with E-state index in [0.29, 0.717) is 26.6 Å². The van der Waals surface area contributed by atoms with Crippen LogP contribution in [0.15, 0.2) is 55.8 Å². The van der Waals surface area contributed by atoms with E-state index in [1.165, 1.54) is 0 Å². The van der Waals surface area contributed by atoms with Crippen LogP contribution in [0.1, 0.15) is 16.1 Å². The molecule has 0 aliphatic carbocycles. The topological polar surface area (TPSA) is 68.3 Å². The summed E-state index contributed by atoms with van der Waals surface area (Å²) in [6, 6.07) is 12.3. The second kappa shape index (κ2) is 7.23. The van der Waals surface area contributed by atoms with Crippen LogP contribution >= 0.6 is 43.5 Å². The Kier molecular flexibility index (Phi) is 5.22. The number of amides is 1. The average Bonchev–Trinajstić information content (AvgIpc) is 3.00. The predicted molar refractivity (Wildman–Crippen MR) is 108 cm³/mol. The number of nitrogens with two attached hydrogens (primary N) is 1. The molecule has 1 aromatic heterocycles. The summed E-state index contributed by atoms with van der Waals surface area (Å²) in [5, 5.41) is 3.46. The van der Waals surface area contributed by atoms with Gasteiger partial charge in [-0.2, -0.15) is 0 Å². The first kappa shape index (κ1) is 18.0. The van der Waals surface area contributed by atoms with E-state index in [1.54, 1.807) is 36.4 Å². The maximum absolute atomic E-state index is 12.5. The number of carbonyl (C=O) groups is 1. The van der Waals surface area contributed by atoms with E-state index >= 15 is 0 Å². The molecule has 0 bridgehead atoms. The van der Waals surface area contributed by atoms with Crippen LogP contribution in [0.3, 0.4) is 0 Å². The number of rotatable bonds is 3. The monoisotopic (exact) mass is 482 g/mol. The van der Waals surface area contributed by atoms with Crippen LogP contribution in [0, 0.1) is 6.92 Å². The van der Waals surface area contributed by atoms with E-state index in [2.05, 4.69) is 37.2 Å². The molecular weight excluding hydrogens is 471 g/mol. The van der Waals surface area contributed by atoms with Gasteiger partial charge in [0.1, 0.15) is 5.76 Å². The van der Waals surface area contributed by atoms with Crippen molar-refractivity contribution in [3.63, 3.8) is 0 Å². The van der Waals surface area contributed by atoms with Crippen molar-refractivity contribution in [3.8, 4) is 11.3 Å². The Bertz CT molecular complexity index is 946. The van der Waals surface area contributed by atoms with Crippen LogP contribution in [-0.4, -0.2) is 5.91 Å². The van der Waals surface area contributed by atoms with Gasteiger partial charge in [0.05, 0.1) is 5.69 Å². The van der Waals surface area contributed by atoms with Gasteiger partial charge in [0.2, 0.25) is 0 Å². The zero-order valence-corrected chi connectivity index (χ0v) is 17.0. The Morgan fingerprint density at radius 1 is 1.12 bits per heavy atom. The Balaban J connectivity index is 1.86. The number of anilines is 2. The molecule has 0 saturated heterocycles. The minimum absolute atomic E-state index is 0.208. The van der Waals surface area contributed by atoms with Gasteiger partial charge in [-0.05, 0) is 86.8 Å². The molecule has 0 spiro atoms. The minimum Gasteiger partial charge on any atom is -0.451 e. The molecule has 3 N–H and O–H groups in total. The zero-order chi connectivity index (χ0) is 18.1. The van der Waals surface area contributed by atoms with Gasteiger partial charge in [-0.1, -0.05) is 11.6 Å². The van der Waals surface area contributed by atoms with Crippen molar-refractivity contribution in [2.45, 2.75) is 6.92 Å². The molecule has 4 nitrogen and oxygen atoms in total. The summed E-state index contributed by atoms with van der Waals surface area (Å²) >= 11 is 12.8. The van der Waals surface area contributed by atoms with Crippen LogP contribution < -0.4 is 11.1 Å². The summed E-state index contributed by atoms with van der Waals surface area (Å²) in [6.45, 7) is 1.87. The molecule has 0 saturated carbocycles. The molecule has 128 valence electrons. The van der Waals surface area contributed by atoms with E-state index in [-0.39, 0.29) is 11.7 Å². The van der Waals surface area contributed by atoms with E-state index in [4.69, 9.17) is 21.8 Å². The molecule has 0 aliphatic rings. The minimum atomic E-state index is -0.343. The second-order valence-electron chi connectivity index (χ2n) is 5.44. The lowest BCUT2D eigenvalue weighted by molar-refractivity contribution is 0.0997. The molecular formula is C18H13Br2ClN2O2. The summed E-state index contributed by atoms with van der Waals surface area (Å²) in [5.74, 6) is 0.437. The molecule has 0 atom stereocenters. The molecule has 1 amide bonds. The Labute approximate surface area is 166 Å². The summed E-state index contributed by atoms with van der Waals surface area (Å²) < 4.78 is 7.21. The summed E-state index contributed by atoms with van der Waals surface area (Å²) in [6.07, 6.45) is 0. The lowest BCUT2D eigenvalue weighted by atomic mass is 10.1. The van der Waals surface area contributed by atoms with Gasteiger partial charge in [-0.15, -0.1) is 0 Å². The number of aryl methyl sites for hydroxylation is 1. The van der Waals surface area contributed by atoms with Gasteiger partial charge in [0.15, 0.2) is 5.76 Å². The molecule has 2 aromatic carbocycles. The molecule has 0 unspecified atom stereocenters. The third-order valence-electron chi connectivity index (χ3n) is 3.57.